The lowest BCUT2D eigenvalue weighted by molar-refractivity contribution is -0.384. The molecular formula is C15H23N3O4S. The number of piperidine rings is 1. The Bertz CT molecular complexity index is 635. The molecule has 0 radical (unpaired) electrons. The highest BCUT2D eigenvalue weighted by Gasteiger charge is 2.23. The average molecular weight is 341 g/mol. The molecule has 0 unspecified atom stereocenters. The van der Waals surface area contributed by atoms with Gasteiger partial charge in [-0.05, 0) is 57.8 Å². The highest BCUT2D eigenvalue weighted by Crippen LogP contribution is 2.20. The number of hydrogen-bond donors (Lipinski definition) is 1. The lowest BCUT2D eigenvalue weighted by atomic mass is 9.96. The predicted octanol–water partition coefficient (Wildman–Crippen LogP) is 1.99. The molecule has 1 aromatic carbocycles. The van der Waals surface area contributed by atoms with Gasteiger partial charge in [0.05, 0.1) is 9.82 Å². The van der Waals surface area contributed by atoms with Crippen molar-refractivity contribution < 1.29 is 13.3 Å². The maximum atomic E-state index is 12.2. The minimum Gasteiger partial charge on any atom is -0.301 e. The molecule has 0 amide bonds. The summed E-state index contributed by atoms with van der Waals surface area (Å²) in [5.74, 6) is 0.331. The van der Waals surface area contributed by atoms with Crippen LogP contribution in [0.4, 0.5) is 5.69 Å². The zero-order chi connectivity index (χ0) is 17.0. The van der Waals surface area contributed by atoms with Gasteiger partial charge in [-0.2, -0.15) is 0 Å². The third-order valence-electron chi connectivity index (χ3n) is 4.30. The molecule has 23 heavy (non-hydrogen) atoms. The predicted molar refractivity (Wildman–Crippen MR) is 87.7 cm³/mol. The Morgan fingerprint density at radius 3 is 2.30 bits per heavy atom. The number of non-ortho nitro benzene ring substituents is 1. The molecule has 8 heteroatoms. The van der Waals surface area contributed by atoms with Gasteiger partial charge in [0.1, 0.15) is 0 Å². The summed E-state index contributed by atoms with van der Waals surface area (Å²) in [5, 5.41) is 10.6. The summed E-state index contributed by atoms with van der Waals surface area (Å²) < 4.78 is 27.1. The van der Waals surface area contributed by atoms with Gasteiger partial charge in [0.2, 0.25) is 10.0 Å². The van der Waals surface area contributed by atoms with E-state index in [0.717, 1.165) is 25.9 Å². The third kappa shape index (κ3) is 4.73. The van der Waals surface area contributed by atoms with Gasteiger partial charge < -0.3 is 4.90 Å². The van der Waals surface area contributed by atoms with E-state index in [1.54, 1.807) is 0 Å². The maximum Gasteiger partial charge on any atom is 0.269 e. The standard InChI is InChI=1S/C15H23N3O4S/c1-12(2)17-9-7-13(8-10-17)11-16-23(21,22)15-5-3-14(4-6-15)18(19)20/h3-6,12-13,16H,7-11H2,1-2H3. The molecule has 7 nitrogen and oxygen atoms in total. The molecule has 1 fully saturated rings. The Kier molecular flexibility index (Phi) is 5.72. The Labute approximate surface area is 136 Å². The Morgan fingerprint density at radius 1 is 1.26 bits per heavy atom. The van der Waals surface area contributed by atoms with Gasteiger partial charge in [-0.3, -0.25) is 10.1 Å². The number of sulfonamides is 1. The largest absolute Gasteiger partial charge is 0.301 e. The van der Waals surface area contributed by atoms with E-state index in [4.69, 9.17) is 0 Å². The van der Waals surface area contributed by atoms with Crippen molar-refractivity contribution in [2.45, 2.75) is 37.6 Å². The molecule has 1 heterocycles. The normalized spacial score (nSPS) is 17.5. The van der Waals surface area contributed by atoms with Gasteiger partial charge in [0, 0.05) is 24.7 Å². The SMILES string of the molecule is CC(C)N1CCC(CNS(=O)(=O)c2ccc([N+](=O)[O-])cc2)CC1. The molecule has 0 aliphatic carbocycles. The van der Waals surface area contributed by atoms with E-state index in [0.29, 0.717) is 18.5 Å². The van der Waals surface area contributed by atoms with E-state index < -0.39 is 14.9 Å². The number of nitro groups is 1. The fourth-order valence-corrected chi connectivity index (χ4v) is 3.85. The van der Waals surface area contributed by atoms with Crippen LogP contribution >= 0.6 is 0 Å². The topological polar surface area (TPSA) is 92.6 Å². The first-order valence-corrected chi connectivity index (χ1v) is 9.26. The van der Waals surface area contributed by atoms with E-state index in [-0.39, 0.29) is 10.6 Å². The van der Waals surface area contributed by atoms with Crippen molar-refractivity contribution in [3.8, 4) is 0 Å². The molecule has 0 saturated carbocycles. The lowest BCUT2D eigenvalue weighted by Crippen LogP contribution is -2.41. The van der Waals surface area contributed by atoms with Crippen LogP contribution in [-0.2, 0) is 10.0 Å². The highest BCUT2D eigenvalue weighted by atomic mass is 32.2. The van der Waals surface area contributed by atoms with E-state index in [1.807, 2.05) is 0 Å². The number of nitrogens with zero attached hydrogens (tertiary/aromatic N) is 2. The fourth-order valence-electron chi connectivity index (χ4n) is 2.73. The Morgan fingerprint density at radius 2 is 1.83 bits per heavy atom. The van der Waals surface area contributed by atoms with Gasteiger partial charge in [0.15, 0.2) is 0 Å². The van der Waals surface area contributed by atoms with Crippen molar-refractivity contribution in [2.24, 2.45) is 5.92 Å². The second kappa shape index (κ2) is 7.37. The van der Waals surface area contributed by atoms with Crippen LogP contribution in [0.1, 0.15) is 26.7 Å². The first-order valence-electron chi connectivity index (χ1n) is 7.78. The van der Waals surface area contributed by atoms with Crippen molar-refractivity contribution >= 4 is 15.7 Å². The van der Waals surface area contributed by atoms with Crippen LogP contribution in [0.2, 0.25) is 0 Å². The molecule has 1 N–H and O–H groups in total. The summed E-state index contributed by atoms with van der Waals surface area (Å²) in [6.45, 7) is 6.71. The van der Waals surface area contributed by atoms with E-state index in [9.17, 15) is 18.5 Å². The number of rotatable bonds is 6. The van der Waals surface area contributed by atoms with Crippen molar-refractivity contribution in [2.75, 3.05) is 19.6 Å². The van der Waals surface area contributed by atoms with Crippen LogP contribution < -0.4 is 4.72 Å². The number of benzene rings is 1. The van der Waals surface area contributed by atoms with Crippen molar-refractivity contribution in [3.63, 3.8) is 0 Å². The summed E-state index contributed by atoms with van der Waals surface area (Å²) in [4.78, 5) is 12.5. The minimum absolute atomic E-state index is 0.0581. The van der Waals surface area contributed by atoms with Crippen LogP contribution in [0.3, 0.4) is 0 Å². The molecule has 0 atom stereocenters. The second-order valence-corrected chi connectivity index (χ2v) is 7.94. The maximum absolute atomic E-state index is 12.2. The molecule has 1 saturated heterocycles. The van der Waals surface area contributed by atoms with E-state index >= 15 is 0 Å². The quantitative estimate of drug-likeness (QED) is 0.631. The first-order chi connectivity index (χ1) is 10.8. The Hall–Kier alpha value is -1.51. The molecule has 1 aliphatic rings. The fraction of sp³-hybridized carbons (Fsp3) is 0.600. The minimum atomic E-state index is -3.62. The van der Waals surface area contributed by atoms with Gasteiger partial charge in [-0.15, -0.1) is 0 Å². The molecule has 1 aliphatic heterocycles. The van der Waals surface area contributed by atoms with Gasteiger partial charge >= 0.3 is 0 Å². The van der Waals surface area contributed by atoms with Crippen molar-refractivity contribution in [1.29, 1.82) is 0 Å². The molecule has 0 bridgehead atoms. The third-order valence-corrected chi connectivity index (χ3v) is 5.74. The number of nitrogens with one attached hydrogen (secondary N) is 1. The summed E-state index contributed by atoms with van der Waals surface area (Å²) >= 11 is 0. The van der Waals surface area contributed by atoms with E-state index in [1.165, 1.54) is 24.3 Å². The van der Waals surface area contributed by atoms with Crippen LogP contribution in [0.5, 0.6) is 0 Å². The number of nitro benzene ring substituents is 1. The lowest BCUT2D eigenvalue weighted by Gasteiger charge is -2.34. The summed E-state index contributed by atoms with van der Waals surface area (Å²) in [6, 6.07) is 5.46. The average Bonchev–Trinajstić information content (AvgIpc) is 2.53. The van der Waals surface area contributed by atoms with Gasteiger partial charge in [0.25, 0.3) is 5.69 Å². The summed E-state index contributed by atoms with van der Waals surface area (Å²) in [7, 11) is -3.62. The molecule has 2 rings (SSSR count). The van der Waals surface area contributed by atoms with Crippen molar-refractivity contribution in [1.82, 2.24) is 9.62 Å². The van der Waals surface area contributed by atoms with Gasteiger partial charge in [-0.1, -0.05) is 0 Å². The molecule has 128 valence electrons. The molecule has 0 spiro atoms. The van der Waals surface area contributed by atoms with Crippen LogP contribution in [0.25, 0.3) is 0 Å². The zero-order valence-corrected chi connectivity index (χ0v) is 14.3. The second-order valence-electron chi connectivity index (χ2n) is 6.18. The number of likely N-dealkylation sites (tertiary alicyclic amines) is 1. The monoisotopic (exact) mass is 341 g/mol. The van der Waals surface area contributed by atoms with E-state index in [2.05, 4.69) is 23.5 Å². The molecule has 0 aromatic heterocycles. The first kappa shape index (κ1) is 17.8. The van der Waals surface area contributed by atoms with Crippen molar-refractivity contribution in [3.05, 3.63) is 34.4 Å². The highest BCUT2D eigenvalue weighted by molar-refractivity contribution is 7.89. The molecule has 1 aromatic rings. The Balaban J connectivity index is 1.90. The smallest absolute Gasteiger partial charge is 0.269 e. The van der Waals surface area contributed by atoms with Crippen LogP contribution in [0.15, 0.2) is 29.2 Å². The molecular weight excluding hydrogens is 318 g/mol. The van der Waals surface area contributed by atoms with Gasteiger partial charge in [-0.25, -0.2) is 13.1 Å². The van der Waals surface area contributed by atoms with Crippen LogP contribution in [-0.4, -0.2) is 43.9 Å². The number of hydrogen-bond acceptors (Lipinski definition) is 5. The summed E-state index contributed by atoms with van der Waals surface area (Å²) in [6.07, 6.45) is 1.95. The zero-order valence-electron chi connectivity index (χ0n) is 13.4. The van der Waals surface area contributed by atoms with Crippen LogP contribution in [0, 0.1) is 16.0 Å². The summed E-state index contributed by atoms with van der Waals surface area (Å²) in [5.41, 5.74) is -0.120.